The Bertz CT molecular complexity index is 1920. The van der Waals surface area contributed by atoms with Gasteiger partial charge in [0.25, 0.3) is 0 Å². The monoisotopic (exact) mass is 638 g/mol. The molecule has 230 valence electrons. The minimum atomic E-state index is -4.48. The average molecular weight is 639 g/mol. The first-order valence-electron chi connectivity index (χ1n) is 14.5. The first kappa shape index (κ1) is 31.1. The molecule has 2 radical (unpaired) electrons. The molecule has 1 aliphatic carbocycles. The molecule has 8 nitrogen and oxygen atoms in total. The number of alkyl halides is 3. The van der Waals surface area contributed by atoms with Gasteiger partial charge in [0, 0.05) is 28.5 Å². The van der Waals surface area contributed by atoms with E-state index in [4.69, 9.17) is 19.4 Å². The largest absolute Gasteiger partial charge is 0.413 e. The van der Waals surface area contributed by atoms with Crippen molar-refractivity contribution in [3.8, 4) is 12.1 Å². The lowest BCUT2D eigenvalue weighted by Crippen LogP contribution is -2.53. The molecule has 0 spiro atoms. The lowest BCUT2D eigenvalue weighted by atomic mass is 9.69. The zero-order chi connectivity index (χ0) is 32.7. The molecule has 2 atom stereocenters. The Hall–Kier alpha value is -4.91. The minimum absolute atomic E-state index is 0.0754. The highest BCUT2D eigenvalue weighted by Gasteiger charge is 2.67. The van der Waals surface area contributed by atoms with E-state index in [0.717, 1.165) is 10.6 Å². The van der Waals surface area contributed by atoms with Gasteiger partial charge in [-0.15, -0.1) is 5.53 Å². The SMILES string of the molecule is [B]C(Nc1cc(C#N)c2ncc(C#N)c(N[C@H](CC)c3ccccc3)c2c1)(C1=CN(C2(C(F)(F)F)CC2)NN1)c1ccccc1Cl. The average Bonchev–Trinajstić information content (AvgIpc) is 3.73. The third-order valence-corrected chi connectivity index (χ3v) is 8.82. The summed E-state index contributed by atoms with van der Waals surface area (Å²) < 4.78 is 42.0. The molecule has 6 rings (SSSR count). The fraction of sp³-hybridized carbons (Fsp3) is 0.242. The van der Waals surface area contributed by atoms with Gasteiger partial charge in [-0.1, -0.05) is 67.1 Å². The number of nitrogens with zero attached hydrogens (tertiary/aromatic N) is 4. The van der Waals surface area contributed by atoms with E-state index >= 15 is 0 Å². The normalized spacial score (nSPS) is 17.2. The molecule has 0 bridgehead atoms. The van der Waals surface area contributed by atoms with Crippen molar-refractivity contribution in [2.24, 2.45) is 0 Å². The summed E-state index contributed by atoms with van der Waals surface area (Å²) in [7, 11) is 7.06. The highest BCUT2D eigenvalue weighted by Crippen LogP contribution is 2.54. The number of aromatic nitrogens is 1. The van der Waals surface area contributed by atoms with Crippen LogP contribution in [0.1, 0.15) is 54.5 Å². The molecule has 0 saturated heterocycles. The molecular formula is C33H27BClF3N8. The quantitative estimate of drug-likeness (QED) is 0.147. The van der Waals surface area contributed by atoms with E-state index < -0.39 is 17.2 Å². The van der Waals surface area contributed by atoms with Crippen molar-refractivity contribution >= 4 is 41.7 Å². The predicted molar refractivity (Wildman–Crippen MR) is 171 cm³/mol. The number of nitriles is 2. The second-order valence-electron chi connectivity index (χ2n) is 11.3. The van der Waals surface area contributed by atoms with Crippen LogP contribution in [0.25, 0.3) is 10.9 Å². The van der Waals surface area contributed by atoms with E-state index in [1.807, 2.05) is 37.3 Å². The summed E-state index contributed by atoms with van der Waals surface area (Å²) in [6.07, 6.45) is -1.22. The number of pyridine rings is 1. The van der Waals surface area contributed by atoms with Gasteiger partial charge in [-0.3, -0.25) is 9.99 Å². The fourth-order valence-corrected chi connectivity index (χ4v) is 6.08. The summed E-state index contributed by atoms with van der Waals surface area (Å²) in [6, 6.07) is 23.9. The Kier molecular flexibility index (Phi) is 7.97. The van der Waals surface area contributed by atoms with Gasteiger partial charge in [-0.25, -0.2) is 0 Å². The number of hydrazine groups is 2. The van der Waals surface area contributed by atoms with Gasteiger partial charge in [0.1, 0.15) is 20.0 Å². The first-order chi connectivity index (χ1) is 22.0. The highest BCUT2D eigenvalue weighted by molar-refractivity contribution is 6.33. The maximum atomic E-state index is 14.0. The second kappa shape index (κ2) is 11.8. The molecule has 1 unspecified atom stereocenters. The summed E-state index contributed by atoms with van der Waals surface area (Å²) in [5.74, 6) is 0. The number of anilines is 2. The highest BCUT2D eigenvalue weighted by atomic mass is 35.5. The van der Waals surface area contributed by atoms with Gasteiger partial charge in [-0.2, -0.15) is 23.7 Å². The third-order valence-electron chi connectivity index (χ3n) is 8.49. The Labute approximate surface area is 270 Å². The minimum Gasteiger partial charge on any atom is -0.378 e. The van der Waals surface area contributed by atoms with Gasteiger partial charge in [0.15, 0.2) is 5.54 Å². The van der Waals surface area contributed by atoms with Gasteiger partial charge < -0.3 is 16.1 Å². The molecule has 4 aromatic rings. The lowest BCUT2D eigenvalue weighted by molar-refractivity contribution is -0.195. The molecule has 1 saturated carbocycles. The van der Waals surface area contributed by atoms with E-state index in [1.165, 1.54) is 12.4 Å². The van der Waals surface area contributed by atoms with Crippen molar-refractivity contribution in [2.45, 2.75) is 49.4 Å². The van der Waals surface area contributed by atoms with Crippen LogP contribution in [-0.2, 0) is 5.44 Å². The van der Waals surface area contributed by atoms with Crippen molar-refractivity contribution in [2.75, 3.05) is 10.6 Å². The molecule has 2 aliphatic rings. The van der Waals surface area contributed by atoms with E-state index in [0.29, 0.717) is 34.3 Å². The summed E-state index contributed by atoms with van der Waals surface area (Å²) in [4.78, 5) is 4.43. The molecule has 0 amide bonds. The summed E-state index contributed by atoms with van der Waals surface area (Å²) in [5.41, 5.74) is 4.87. The van der Waals surface area contributed by atoms with Crippen LogP contribution in [0.4, 0.5) is 24.5 Å². The van der Waals surface area contributed by atoms with Crippen LogP contribution in [0.2, 0.25) is 5.02 Å². The van der Waals surface area contributed by atoms with E-state index in [2.05, 4.69) is 38.7 Å². The zero-order valence-electron chi connectivity index (χ0n) is 24.6. The summed E-state index contributed by atoms with van der Waals surface area (Å²) >= 11 is 6.62. The molecule has 4 N–H and O–H groups in total. The fourth-order valence-electron chi connectivity index (χ4n) is 5.79. The number of hydrogen-bond acceptors (Lipinski definition) is 8. The van der Waals surface area contributed by atoms with Crippen molar-refractivity contribution in [3.05, 3.63) is 112 Å². The molecule has 46 heavy (non-hydrogen) atoms. The molecule has 1 aromatic heterocycles. The maximum Gasteiger partial charge on any atom is 0.413 e. The van der Waals surface area contributed by atoms with Crippen LogP contribution in [0.5, 0.6) is 0 Å². The van der Waals surface area contributed by atoms with Gasteiger partial charge >= 0.3 is 6.18 Å². The Balaban J connectivity index is 1.48. The van der Waals surface area contributed by atoms with Crippen molar-refractivity contribution < 1.29 is 13.2 Å². The number of fused-ring (bicyclic) bond motifs is 1. The molecule has 1 aliphatic heterocycles. The topological polar surface area (TPSA) is 112 Å². The van der Waals surface area contributed by atoms with Crippen LogP contribution in [0, 0.1) is 22.7 Å². The smallest absolute Gasteiger partial charge is 0.378 e. The molecule has 13 heteroatoms. The molecule has 2 heterocycles. The van der Waals surface area contributed by atoms with Crippen LogP contribution >= 0.6 is 11.6 Å². The lowest BCUT2D eigenvalue weighted by Gasteiger charge is -2.35. The van der Waals surface area contributed by atoms with Crippen molar-refractivity contribution in [1.29, 1.82) is 10.5 Å². The van der Waals surface area contributed by atoms with Gasteiger partial charge in [-0.05, 0) is 48.6 Å². The standard InChI is InChI=1S/C33H27BClF3N8/c1-2-27(20-8-4-3-5-9-20)42-30-22(17-40)18-41-29-21(16-39)14-23(15-24(29)30)43-32(34,25-10-6-7-11-26(25)35)28-19-46(45-44-28)31(12-13-31)33(36,37)38/h3-11,14-15,18-19,27,43-45H,2,12-13H2,1H3,(H,41,42)/t27-,32?/m1/s1. The van der Waals surface area contributed by atoms with E-state index in [9.17, 15) is 23.7 Å². The third kappa shape index (κ3) is 5.34. The maximum absolute atomic E-state index is 14.0. The van der Waals surface area contributed by atoms with Crippen molar-refractivity contribution in [1.82, 2.24) is 21.0 Å². The van der Waals surface area contributed by atoms with E-state index in [1.54, 1.807) is 36.4 Å². The number of nitrogens with one attached hydrogen (secondary N) is 4. The number of benzene rings is 3. The molecule has 3 aromatic carbocycles. The molecular weight excluding hydrogens is 612 g/mol. The molecule has 1 fully saturated rings. The first-order valence-corrected chi connectivity index (χ1v) is 14.9. The Morgan fingerprint density at radius 1 is 1.07 bits per heavy atom. The van der Waals surface area contributed by atoms with E-state index in [-0.39, 0.29) is 40.7 Å². The van der Waals surface area contributed by atoms with Crippen molar-refractivity contribution in [3.63, 3.8) is 0 Å². The summed E-state index contributed by atoms with van der Waals surface area (Å²) in [6.45, 7) is 2.02. The van der Waals surface area contributed by atoms with Gasteiger partial charge in [0.05, 0.1) is 39.5 Å². The van der Waals surface area contributed by atoms with Crippen LogP contribution in [-0.4, -0.2) is 29.6 Å². The Morgan fingerprint density at radius 2 is 1.76 bits per heavy atom. The van der Waals surface area contributed by atoms with Crippen LogP contribution < -0.4 is 21.6 Å². The summed E-state index contributed by atoms with van der Waals surface area (Å²) in [5, 5.41) is 28.7. The second-order valence-corrected chi connectivity index (χ2v) is 11.7. The number of halogens is 4. The van der Waals surface area contributed by atoms with Gasteiger partial charge in [0.2, 0.25) is 0 Å². The Morgan fingerprint density at radius 3 is 2.39 bits per heavy atom. The van der Waals surface area contributed by atoms with Crippen LogP contribution in [0.15, 0.2) is 84.8 Å². The van der Waals surface area contributed by atoms with Crippen LogP contribution in [0.3, 0.4) is 0 Å². The predicted octanol–water partition coefficient (Wildman–Crippen LogP) is 6.89. The zero-order valence-corrected chi connectivity index (χ0v) is 25.3. The number of rotatable bonds is 9. The number of hydrogen-bond donors (Lipinski definition) is 4.